The molecule has 34 heavy (non-hydrogen) atoms. The van der Waals surface area contributed by atoms with Crippen molar-refractivity contribution in [2.75, 3.05) is 6.61 Å². The van der Waals surface area contributed by atoms with Crippen LogP contribution in [0, 0.1) is 0 Å². The fourth-order valence-electron chi connectivity index (χ4n) is 3.27. The van der Waals surface area contributed by atoms with Crippen molar-refractivity contribution in [3.05, 3.63) is 35.4 Å². The van der Waals surface area contributed by atoms with Crippen LogP contribution in [-0.2, 0) is 9.47 Å². The number of ketones is 1. The summed E-state index contributed by atoms with van der Waals surface area (Å²) in [6, 6.07) is 3.49. The Morgan fingerprint density at radius 1 is 0.882 bits per heavy atom. The lowest BCUT2D eigenvalue weighted by atomic mass is 9.99. The van der Waals surface area contributed by atoms with Crippen LogP contribution in [0.25, 0.3) is 0 Å². The number of benzene rings is 2. The van der Waals surface area contributed by atoms with Gasteiger partial charge in [0.05, 0.1) is 5.56 Å². The molecule has 0 amide bonds. The number of ether oxygens (including phenoxy) is 3. The van der Waals surface area contributed by atoms with Gasteiger partial charge in [0, 0.05) is 12.1 Å². The highest BCUT2D eigenvalue weighted by molar-refractivity contribution is 5.99. The van der Waals surface area contributed by atoms with E-state index in [0.717, 1.165) is 31.2 Å². The smallest absolute Gasteiger partial charge is 0.338 e. The first-order valence-electron chi connectivity index (χ1n) is 9.76. The minimum atomic E-state index is -1.85. The van der Waals surface area contributed by atoms with Gasteiger partial charge in [-0.15, -0.1) is 0 Å². The lowest BCUT2D eigenvalue weighted by Gasteiger charge is -2.40. The molecule has 1 aliphatic rings. The summed E-state index contributed by atoms with van der Waals surface area (Å²) in [4.78, 5) is 24.1. The fraction of sp³-hybridized carbons (Fsp3) is 0.333. The Bertz CT molecular complexity index is 1080. The summed E-state index contributed by atoms with van der Waals surface area (Å²) in [5.41, 5.74) is -0.697. The van der Waals surface area contributed by atoms with E-state index in [9.17, 15) is 50.4 Å². The molecule has 13 heteroatoms. The second-order valence-corrected chi connectivity index (χ2v) is 7.49. The molecule has 0 bridgehead atoms. The molecule has 1 aliphatic heterocycles. The first kappa shape index (κ1) is 24.9. The SMILES string of the molecule is CC(=O)c1c(O)cc(O)cc1O[C@@H]1OC(COC(=O)c2cc(O)c(O)c(O)c2)[C@H](O)[C@H](O)[C@@H]1O. The number of esters is 1. The lowest BCUT2D eigenvalue weighted by molar-refractivity contribution is -0.277. The fourth-order valence-corrected chi connectivity index (χ4v) is 3.27. The van der Waals surface area contributed by atoms with Crippen molar-refractivity contribution in [1.29, 1.82) is 0 Å². The van der Waals surface area contributed by atoms with Crippen LogP contribution < -0.4 is 4.74 Å². The first-order chi connectivity index (χ1) is 15.9. The molecule has 3 rings (SSSR count). The van der Waals surface area contributed by atoms with Crippen molar-refractivity contribution in [1.82, 2.24) is 0 Å². The molecular weight excluding hydrogens is 460 g/mol. The summed E-state index contributed by atoms with van der Waals surface area (Å²) >= 11 is 0. The molecule has 0 radical (unpaired) electrons. The van der Waals surface area contributed by atoms with E-state index in [4.69, 9.17) is 14.2 Å². The van der Waals surface area contributed by atoms with Crippen molar-refractivity contribution >= 4 is 11.8 Å². The highest BCUT2D eigenvalue weighted by Gasteiger charge is 2.46. The summed E-state index contributed by atoms with van der Waals surface area (Å²) in [6.07, 6.45) is -8.65. The molecule has 1 heterocycles. The third kappa shape index (κ3) is 4.92. The Balaban J connectivity index is 1.77. The van der Waals surface area contributed by atoms with Crippen LogP contribution in [0.5, 0.6) is 34.5 Å². The van der Waals surface area contributed by atoms with Crippen LogP contribution >= 0.6 is 0 Å². The van der Waals surface area contributed by atoms with E-state index >= 15 is 0 Å². The van der Waals surface area contributed by atoms with Crippen molar-refractivity contribution in [3.8, 4) is 34.5 Å². The monoisotopic (exact) mass is 482 g/mol. The number of aromatic hydroxyl groups is 5. The van der Waals surface area contributed by atoms with Crippen LogP contribution in [0.3, 0.4) is 0 Å². The normalized spacial score (nSPS) is 24.4. The number of phenols is 5. The summed E-state index contributed by atoms with van der Waals surface area (Å²) in [5.74, 6) is -5.65. The average molecular weight is 482 g/mol. The van der Waals surface area contributed by atoms with E-state index in [1.165, 1.54) is 0 Å². The second kappa shape index (κ2) is 9.61. The van der Waals surface area contributed by atoms with Gasteiger partial charge in [-0.05, 0) is 19.1 Å². The Labute approximate surface area is 191 Å². The molecule has 0 aromatic heterocycles. The minimum absolute atomic E-state index is 0.343. The third-order valence-corrected chi connectivity index (χ3v) is 5.01. The van der Waals surface area contributed by atoms with Crippen LogP contribution in [0.1, 0.15) is 27.6 Å². The van der Waals surface area contributed by atoms with E-state index in [-0.39, 0.29) is 16.9 Å². The molecule has 1 unspecified atom stereocenters. The van der Waals surface area contributed by atoms with E-state index in [1.807, 2.05) is 0 Å². The van der Waals surface area contributed by atoms with Crippen molar-refractivity contribution in [3.63, 3.8) is 0 Å². The van der Waals surface area contributed by atoms with E-state index in [1.54, 1.807) is 0 Å². The first-order valence-corrected chi connectivity index (χ1v) is 9.76. The third-order valence-electron chi connectivity index (χ3n) is 5.01. The van der Waals surface area contributed by atoms with Crippen molar-refractivity contribution < 1.29 is 64.7 Å². The van der Waals surface area contributed by atoms with Gasteiger partial charge in [0.25, 0.3) is 0 Å². The van der Waals surface area contributed by atoms with Gasteiger partial charge in [-0.3, -0.25) is 4.79 Å². The standard InChI is InChI=1S/C21H22O13/c1-7(22)15-10(24)4-9(23)5-13(15)33-21-19(30)18(29)17(28)14(34-21)6-32-20(31)8-2-11(25)16(27)12(26)3-8/h2-5,14,17-19,21,23-30H,6H2,1H3/t14?,17-,18-,19-,21+/m0/s1. The predicted molar refractivity (Wildman–Crippen MR) is 109 cm³/mol. The molecular formula is C21H22O13. The topological polar surface area (TPSA) is 224 Å². The van der Waals surface area contributed by atoms with Crippen molar-refractivity contribution in [2.24, 2.45) is 0 Å². The molecule has 0 saturated carbocycles. The van der Waals surface area contributed by atoms with Gasteiger partial charge in [-0.1, -0.05) is 0 Å². The van der Waals surface area contributed by atoms with Gasteiger partial charge >= 0.3 is 5.97 Å². The van der Waals surface area contributed by atoms with Crippen molar-refractivity contribution in [2.45, 2.75) is 37.6 Å². The minimum Gasteiger partial charge on any atom is -0.508 e. The summed E-state index contributed by atoms with van der Waals surface area (Å²) < 4.78 is 15.7. The number of hydrogen-bond acceptors (Lipinski definition) is 13. The molecule has 1 fully saturated rings. The Morgan fingerprint density at radius 3 is 2.09 bits per heavy atom. The number of aliphatic hydroxyl groups is 3. The number of carbonyl (C=O) groups is 2. The summed E-state index contributed by atoms with van der Waals surface area (Å²) in [6.45, 7) is 0.410. The maximum Gasteiger partial charge on any atom is 0.338 e. The van der Waals surface area contributed by atoms with Gasteiger partial charge in [-0.2, -0.15) is 0 Å². The molecule has 5 atom stereocenters. The zero-order chi connectivity index (χ0) is 25.3. The van der Waals surface area contributed by atoms with Crippen LogP contribution in [0.15, 0.2) is 24.3 Å². The number of aliphatic hydroxyl groups excluding tert-OH is 3. The molecule has 0 aliphatic carbocycles. The van der Waals surface area contributed by atoms with E-state index in [0.29, 0.717) is 0 Å². The quantitative estimate of drug-likeness (QED) is 0.147. The van der Waals surface area contributed by atoms with Gasteiger partial charge in [0.15, 0.2) is 23.0 Å². The number of rotatable bonds is 6. The molecule has 184 valence electrons. The maximum absolute atomic E-state index is 12.2. The highest BCUT2D eigenvalue weighted by atomic mass is 16.7. The number of carbonyl (C=O) groups excluding carboxylic acids is 2. The molecule has 2 aromatic rings. The summed E-state index contributed by atoms with van der Waals surface area (Å²) in [5, 5.41) is 78.6. The Kier molecular flexibility index (Phi) is 7.02. The molecule has 13 nitrogen and oxygen atoms in total. The number of Topliss-reactive ketones (excluding diaryl/α,β-unsaturated/α-hetero) is 1. The van der Waals surface area contributed by atoms with Gasteiger partial charge in [0.1, 0.15) is 53.8 Å². The zero-order valence-electron chi connectivity index (χ0n) is 17.5. The van der Waals surface area contributed by atoms with E-state index < -0.39 is 77.8 Å². The zero-order valence-corrected chi connectivity index (χ0v) is 17.5. The molecule has 8 N–H and O–H groups in total. The van der Waals surface area contributed by atoms with Gasteiger partial charge in [0.2, 0.25) is 6.29 Å². The summed E-state index contributed by atoms with van der Waals surface area (Å²) in [7, 11) is 0. The second-order valence-electron chi connectivity index (χ2n) is 7.49. The predicted octanol–water partition coefficient (Wildman–Crippen LogP) is -0.539. The Hall–Kier alpha value is -3.78. The van der Waals surface area contributed by atoms with Gasteiger partial charge < -0.3 is 55.1 Å². The van der Waals surface area contributed by atoms with Gasteiger partial charge in [-0.25, -0.2) is 4.79 Å². The van der Waals surface area contributed by atoms with Crippen LogP contribution in [0.4, 0.5) is 0 Å². The highest BCUT2D eigenvalue weighted by Crippen LogP contribution is 2.37. The van der Waals surface area contributed by atoms with Crippen LogP contribution in [0.2, 0.25) is 0 Å². The lowest BCUT2D eigenvalue weighted by Crippen LogP contribution is -2.60. The maximum atomic E-state index is 12.2. The van der Waals surface area contributed by atoms with Crippen LogP contribution in [-0.4, -0.2) is 89.9 Å². The number of hydrogen-bond donors (Lipinski definition) is 8. The Morgan fingerprint density at radius 2 is 1.50 bits per heavy atom. The van der Waals surface area contributed by atoms with E-state index in [2.05, 4.69) is 0 Å². The molecule has 2 aromatic carbocycles. The largest absolute Gasteiger partial charge is 0.508 e. The molecule has 1 saturated heterocycles. The molecule has 0 spiro atoms. The number of phenolic OH excluding ortho intramolecular Hbond substituents is 5. The average Bonchev–Trinajstić information content (AvgIpc) is 2.75.